The zero-order chi connectivity index (χ0) is 14.8. The summed E-state index contributed by atoms with van der Waals surface area (Å²) in [7, 11) is 1.87. The molecule has 0 unspecified atom stereocenters. The minimum atomic E-state index is 0. The third-order valence-electron chi connectivity index (χ3n) is 3.96. The standard InChI is InChI=1S/C15H32N4O.HI/c1-5-18(6-2)13-10-17-15(16-4)19-11-8-14(9-12-19)20-7-3;/h14H,5-13H2,1-4H3,(H,16,17);1H. The van der Waals surface area contributed by atoms with Crippen LogP contribution in [0.2, 0.25) is 0 Å². The summed E-state index contributed by atoms with van der Waals surface area (Å²) in [6, 6.07) is 0. The smallest absolute Gasteiger partial charge is 0.193 e. The van der Waals surface area contributed by atoms with Crippen LogP contribution in [0.3, 0.4) is 0 Å². The molecular weight excluding hydrogens is 379 g/mol. The second kappa shape index (κ2) is 12.5. The van der Waals surface area contributed by atoms with Gasteiger partial charge in [-0.05, 0) is 32.9 Å². The first-order chi connectivity index (χ1) is 9.74. The van der Waals surface area contributed by atoms with Crippen molar-refractivity contribution in [2.24, 2.45) is 4.99 Å². The van der Waals surface area contributed by atoms with E-state index in [0.29, 0.717) is 6.10 Å². The van der Waals surface area contributed by atoms with Crippen molar-refractivity contribution in [3.8, 4) is 0 Å². The molecule has 21 heavy (non-hydrogen) atoms. The van der Waals surface area contributed by atoms with Crippen LogP contribution >= 0.6 is 24.0 Å². The van der Waals surface area contributed by atoms with Gasteiger partial charge in [-0.2, -0.15) is 0 Å². The van der Waals surface area contributed by atoms with Gasteiger partial charge in [0.2, 0.25) is 0 Å². The van der Waals surface area contributed by atoms with Crippen molar-refractivity contribution in [2.45, 2.75) is 39.7 Å². The Morgan fingerprint density at radius 2 is 1.86 bits per heavy atom. The van der Waals surface area contributed by atoms with Gasteiger partial charge in [0, 0.05) is 39.8 Å². The number of hydrogen-bond acceptors (Lipinski definition) is 3. The van der Waals surface area contributed by atoms with Crippen molar-refractivity contribution >= 4 is 29.9 Å². The number of piperidine rings is 1. The van der Waals surface area contributed by atoms with Gasteiger partial charge < -0.3 is 19.9 Å². The molecule has 0 aliphatic carbocycles. The van der Waals surface area contributed by atoms with Gasteiger partial charge in [0.15, 0.2) is 5.96 Å². The van der Waals surface area contributed by atoms with Gasteiger partial charge in [0.25, 0.3) is 0 Å². The van der Waals surface area contributed by atoms with Crippen LogP contribution in [0.1, 0.15) is 33.6 Å². The molecule has 1 aliphatic rings. The number of likely N-dealkylation sites (N-methyl/N-ethyl adjacent to an activating group) is 1. The van der Waals surface area contributed by atoms with Crippen LogP contribution in [0.4, 0.5) is 0 Å². The van der Waals surface area contributed by atoms with Crippen molar-refractivity contribution in [3.05, 3.63) is 0 Å². The quantitative estimate of drug-likeness (QED) is 0.395. The summed E-state index contributed by atoms with van der Waals surface area (Å²) >= 11 is 0. The maximum absolute atomic E-state index is 5.69. The van der Waals surface area contributed by atoms with E-state index in [4.69, 9.17) is 4.74 Å². The topological polar surface area (TPSA) is 40.1 Å². The molecular formula is C15H33IN4O. The van der Waals surface area contributed by atoms with Gasteiger partial charge in [0.05, 0.1) is 6.10 Å². The summed E-state index contributed by atoms with van der Waals surface area (Å²) in [4.78, 5) is 9.17. The van der Waals surface area contributed by atoms with E-state index in [2.05, 4.69) is 40.9 Å². The van der Waals surface area contributed by atoms with E-state index in [-0.39, 0.29) is 24.0 Å². The molecule has 1 heterocycles. The summed E-state index contributed by atoms with van der Waals surface area (Å²) in [5.74, 6) is 1.03. The fraction of sp³-hybridized carbons (Fsp3) is 0.933. The Labute approximate surface area is 147 Å². The van der Waals surface area contributed by atoms with Crippen LogP contribution in [0, 0.1) is 0 Å². The molecule has 0 radical (unpaired) electrons. The normalized spacial score (nSPS) is 17.0. The molecule has 126 valence electrons. The monoisotopic (exact) mass is 412 g/mol. The Kier molecular flexibility index (Phi) is 12.4. The molecule has 1 rings (SSSR count). The van der Waals surface area contributed by atoms with Crippen LogP contribution in [0.25, 0.3) is 0 Å². The van der Waals surface area contributed by atoms with Gasteiger partial charge in [-0.3, -0.25) is 4.99 Å². The van der Waals surface area contributed by atoms with E-state index < -0.39 is 0 Å². The van der Waals surface area contributed by atoms with Gasteiger partial charge in [-0.1, -0.05) is 13.8 Å². The highest BCUT2D eigenvalue weighted by molar-refractivity contribution is 14.0. The SMILES string of the molecule is CCOC1CCN(C(=NC)NCCN(CC)CC)CC1.I. The Morgan fingerprint density at radius 1 is 1.24 bits per heavy atom. The highest BCUT2D eigenvalue weighted by Gasteiger charge is 2.21. The second-order valence-corrected chi connectivity index (χ2v) is 5.14. The van der Waals surface area contributed by atoms with Crippen LogP contribution in [-0.4, -0.2) is 74.8 Å². The Balaban J connectivity index is 0.00000400. The molecule has 1 aliphatic heterocycles. The predicted octanol–water partition coefficient (Wildman–Crippen LogP) is 2.02. The zero-order valence-electron chi connectivity index (χ0n) is 14.1. The first-order valence-electron chi connectivity index (χ1n) is 8.04. The van der Waals surface area contributed by atoms with Crippen molar-refractivity contribution in [3.63, 3.8) is 0 Å². The Bertz CT molecular complexity index is 277. The highest BCUT2D eigenvalue weighted by atomic mass is 127. The number of likely N-dealkylation sites (tertiary alicyclic amines) is 1. The molecule has 1 saturated heterocycles. The maximum atomic E-state index is 5.69. The van der Waals surface area contributed by atoms with Crippen LogP contribution in [0.5, 0.6) is 0 Å². The number of halogens is 1. The fourth-order valence-corrected chi connectivity index (χ4v) is 2.67. The molecule has 0 aromatic heterocycles. The average Bonchev–Trinajstić information content (AvgIpc) is 2.49. The van der Waals surface area contributed by atoms with Gasteiger partial charge >= 0.3 is 0 Å². The first kappa shape index (κ1) is 20.9. The highest BCUT2D eigenvalue weighted by Crippen LogP contribution is 2.13. The van der Waals surface area contributed by atoms with E-state index in [1.165, 1.54) is 0 Å². The molecule has 6 heteroatoms. The van der Waals surface area contributed by atoms with Gasteiger partial charge in [0.1, 0.15) is 0 Å². The third-order valence-corrected chi connectivity index (χ3v) is 3.96. The number of nitrogens with zero attached hydrogens (tertiary/aromatic N) is 3. The lowest BCUT2D eigenvalue weighted by Crippen LogP contribution is -2.48. The number of hydrogen-bond donors (Lipinski definition) is 1. The van der Waals surface area contributed by atoms with Crippen molar-refractivity contribution in [1.29, 1.82) is 0 Å². The van der Waals surface area contributed by atoms with Crippen molar-refractivity contribution < 1.29 is 4.74 Å². The van der Waals surface area contributed by atoms with Gasteiger partial charge in [-0.15, -0.1) is 24.0 Å². The molecule has 0 aromatic carbocycles. The summed E-state index contributed by atoms with van der Waals surface area (Å²) in [5, 5.41) is 3.48. The summed E-state index contributed by atoms with van der Waals surface area (Å²) in [5.41, 5.74) is 0. The summed E-state index contributed by atoms with van der Waals surface area (Å²) in [6.07, 6.45) is 2.64. The molecule has 1 fully saturated rings. The molecule has 0 amide bonds. The lowest BCUT2D eigenvalue weighted by atomic mass is 10.1. The van der Waals surface area contributed by atoms with E-state index in [0.717, 1.165) is 64.7 Å². The zero-order valence-corrected chi connectivity index (χ0v) is 16.4. The van der Waals surface area contributed by atoms with Crippen LogP contribution in [-0.2, 0) is 4.74 Å². The molecule has 0 spiro atoms. The second-order valence-electron chi connectivity index (χ2n) is 5.14. The minimum Gasteiger partial charge on any atom is -0.378 e. The third kappa shape index (κ3) is 7.65. The molecule has 1 N–H and O–H groups in total. The largest absolute Gasteiger partial charge is 0.378 e. The average molecular weight is 412 g/mol. The predicted molar refractivity (Wildman–Crippen MR) is 101 cm³/mol. The van der Waals surface area contributed by atoms with Crippen molar-refractivity contribution in [2.75, 3.05) is 52.9 Å². The Morgan fingerprint density at radius 3 is 2.33 bits per heavy atom. The van der Waals surface area contributed by atoms with Crippen LogP contribution in [0.15, 0.2) is 4.99 Å². The van der Waals surface area contributed by atoms with E-state index >= 15 is 0 Å². The fourth-order valence-electron chi connectivity index (χ4n) is 2.67. The molecule has 0 aromatic rings. The molecule has 0 atom stereocenters. The number of aliphatic imine (C=N–C) groups is 1. The Hall–Kier alpha value is -0.0800. The molecule has 5 nitrogen and oxygen atoms in total. The summed E-state index contributed by atoms with van der Waals surface area (Å²) in [6.45, 7) is 13.6. The van der Waals surface area contributed by atoms with Crippen molar-refractivity contribution in [1.82, 2.24) is 15.1 Å². The number of guanidine groups is 1. The van der Waals surface area contributed by atoms with E-state index in [1.54, 1.807) is 0 Å². The van der Waals surface area contributed by atoms with E-state index in [9.17, 15) is 0 Å². The van der Waals surface area contributed by atoms with E-state index in [1.807, 2.05) is 7.05 Å². The minimum absolute atomic E-state index is 0. The number of rotatable bonds is 7. The molecule has 0 saturated carbocycles. The van der Waals surface area contributed by atoms with Gasteiger partial charge in [-0.25, -0.2) is 0 Å². The van der Waals surface area contributed by atoms with Crippen LogP contribution < -0.4 is 5.32 Å². The maximum Gasteiger partial charge on any atom is 0.193 e. The molecule has 0 bridgehead atoms. The lowest BCUT2D eigenvalue weighted by Gasteiger charge is -2.34. The lowest BCUT2D eigenvalue weighted by molar-refractivity contribution is 0.0263. The first-order valence-corrected chi connectivity index (χ1v) is 8.04. The number of nitrogens with one attached hydrogen (secondary N) is 1. The summed E-state index contributed by atoms with van der Waals surface area (Å²) < 4.78 is 5.69. The number of ether oxygens (including phenoxy) is 1.